The van der Waals surface area contributed by atoms with Gasteiger partial charge in [0.25, 0.3) is 5.56 Å². The summed E-state index contributed by atoms with van der Waals surface area (Å²) in [5, 5.41) is 10.0. The molecule has 3 rings (SSSR count). The highest BCUT2D eigenvalue weighted by atomic mass is 35.5. The topological polar surface area (TPSA) is 112 Å². The largest absolute Gasteiger partial charge is 0.495 e. The number of ether oxygens (including phenoxy) is 2. The summed E-state index contributed by atoms with van der Waals surface area (Å²) in [5.74, 6) is -0.150. The first kappa shape index (κ1) is 25.8. The molecule has 0 aliphatic carbocycles. The summed E-state index contributed by atoms with van der Waals surface area (Å²) < 4.78 is 11.6. The molecule has 1 heterocycles. The Morgan fingerprint density at radius 2 is 1.69 bits per heavy atom. The number of rotatable bonds is 8. The highest BCUT2D eigenvalue weighted by molar-refractivity contribution is 6.32. The first-order valence-corrected chi connectivity index (χ1v) is 11.3. The van der Waals surface area contributed by atoms with Crippen LogP contribution in [0, 0.1) is 6.92 Å². The van der Waals surface area contributed by atoms with Crippen molar-refractivity contribution in [1.29, 1.82) is 0 Å². The molecule has 1 aromatic heterocycles. The molecule has 35 heavy (non-hydrogen) atoms. The number of hydrogen-bond donors (Lipinski definition) is 2. The van der Waals surface area contributed by atoms with Crippen molar-refractivity contribution in [3.63, 3.8) is 0 Å². The van der Waals surface area contributed by atoms with Crippen molar-refractivity contribution in [2.24, 2.45) is 0 Å². The molecule has 2 aromatic carbocycles. The normalized spacial score (nSPS) is 11.5. The van der Waals surface area contributed by atoms with E-state index < -0.39 is 17.5 Å². The summed E-state index contributed by atoms with van der Waals surface area (Å²) in [5.41, 5.74) is 1.95. The van der Waals surface area contributed by atoms with Gasteiger partial charge in [0, 0.05) is 18.1 Å². The predicted molar refractivity (Wildman–Crippen MR) is 135 cm³/mol. The number of halogens is 1. The summed E-state index contributed by atoms with van der Waals surface area (Å²) in [6.07, 6.45) is 0.190. The maximum atomic E-state index is 13.2. The SMILES string of the molecule is CCC(=O)Nc1cc(-c2ccc(C)cc2)nn([C@@H](C)C(=O)Nc2cc(Cl)c(OC)cc2OC)c1=O. The molecule has 0 unspecified atom stereocenters. The van der Waals surface area contributed by atoms with E-state index in [0.717, 1.165) is 15.8 Å². The average Bonchev–Trinajstić information content (AvgIpc) is 2.85. The fourth-order valence-corrected chi connectivity index (χ4v) is 3.52. The van der Waals surface area contributed by atoms with E-state index in [1.807, 2.05) is 31.2 Å². The van der Waals surface area contributed by atoms with E-state index in [4.69, 9.17) is 21.1 Å². The van der Waals surface area contributed by atoms with E-state index in [1.165, 1.54) is 33.3 Å². The van der Waals surface area contributed by atoms with Gasteiger partial charge < -0.3 is 20.1 Å². The molecule has 3 aromatic rings. The molecule has 10 heteroatoms. The van der Waals surface area contributed by atoms with Crippen LogP contribution in [0.15, 0.2) is 47.3 Å². The smallest absolute Gasteiger partial charge is 0.291 e. The second-order valence-corrected chi connectivity index (χ2v) is 8.22. The first-order valence-electron chi connectivity index (χ1n) is 10.9. The van der Waals surface area contributed by atoms with Crippen LogP contribution < -0.4 is 25.7 Å². The lowest BCUT2D eigenvalue weighted by atomic mass is 10.1. The summed E-state index contributed by atoms with van der Waals surface area (Å²) in [7, 11) is 2.91. The quantitative estimate of drug-likeness (QED) is 0.475. The third kappa shape index (κ3) is 5.81. The Hall–Kier alpha value is -3.85. The molecule has 0 radical (unpaired) electrons. The molecular weight excluding hydrogens is 472 g/mol. The Balaban J connectivity index is 2.03. The molecule has 0 saturated carbocycles. The van der Waals surface area contributed by atoms with Crippen molar-refractivity contribution in [1.82, 2.24) is 9.78 Å². The van der Waals surface area contributed by atoms with Crippen LogP contribution in [-0.2, 0) is 9.59 Å². The molecule has 2 amide bonds. The molecule has 0 aliphatic rings. The van der Waals surface area contributed by atoms with Crippen molar-refractivity contribution in [2.75, 3.05) is 24.9 Å². The molecule has 9 nitrogen and oxygen atoms in total. The summed E-state index contributed by atoms with van der Waals surface area (Å²) in [4.78, 5) is 38.4. The Morgan fingerprint density at radius 1 is 1.03 bits per heavy atom. The third-order valence-electron chi connectivity index (χ3n) is 5.36. The van der Waals surface area contributed by atoms with Gasteiger partial charge in [0.2, 0.25) is 11.8 Å². The van der Waals surface area contributed by atoms with Crippen LogP contribution in [0.1, 0.15) is 31.9 Å². The van der Waals surface area contributed by atoms with Gasteiger partial charge in [-0.25, -0.2) is 4.68 Å². The van der Waals surface area contributed by atoms with Crippen molar-refractivity contribution < 1.29 is 19.1 Å². The third-order valence-corrected chi connectivity index (χ3v) is 5.65. The van der Waals surface area contributed by atoms with Crippen molar-refractivity contribution in [3.05, 3.63) is 63.4 Å². The maximum absolute atomic E-state index is 13.2. The van der Waals surface area contributed by atoms with Gasteiger partial charge in [-0.3, -0.25) is 14.4 Å². The minimum atomic E-state index is -1.03. The van der Waals surface area contributed by atoms with Gasteiger partial charge >= 0.3 is 0 Å². The number of amides is 2. The molecular formula is C25H27ClN4O5. The number of carbonyl (C=O) groups is 2. The molecule has 0 spiro atoms. The van der Waals surface area contributed by atoms with E-state index in [2.05, 4.69) is 15.7 Å². The second-order valence-electron chi connectivity index (χ2n) is 7.81. The summed E-state index contributed by atoms with van der Waals surface area (Å²) in [6.45, 7) is 5.17. The zero-order valence-corrected chi connectivity index (χ0v) is 20.9. The fourth-order valence-electron chi connectivity index (χ4n) is 3.27. The van der Waals surface area contributed by atoms with Gasteiger partial charge in [-0.05, 0) is 26.0 Å². The van der Waals surface area contributed by atoms with Gasteiger partial charge in [-0.2, -0.15) is 5.10 Å². The molecule has 0 aliphatic heterocycles. The van der Waals surface area contributed by atoms with Crippen molar-refractivity contribution >= 4 is 34.8 Å². The number of carbonyl (C=O) groups excluding carboxylic acids is 2. The average molecular weight is 499 g/mol. The van der Waals surface area contributed by atoms with E-state index in [1.54, 1.807) is 13.0 Å². The number of anilines is 2. The van der Waals surface area contributed by atoms with Gasteiger partial charge in [-0.15, -0.1) is 0 Å². The zero-order valence-electron chi connectivity index (χ0n) is 20.1. The first-order chi connectivity index (χ1) is 16.7. The van der Waals surface area contributed by atoms with Gasteiger partial charge in [0.15, 0.2) is 0 Å². The molecule has 0 bridgehead atoms. The second kappa shape index (κ2) is 11.1. The Labute approximate surface area is 208 Å². The number of benzene rings is 2. The standard InChI is InChI=1S/C25H27ClN4O5/c1-6-23(31)27-20-12-18(16-9-7-14(2)8-10-16)29-30(25(20)33)15(3)24(32)28-19-11-17(26)21(34-4)13-22(19)35-5/h7-13,15H,6H2,1-5H3,(H,27,31)(H,28,32)/t15-/m0/s1. The highest BCUT2D eigenvalue weighted by Crippen LogP contribution is 2.36. The lowest BCUT2D eigenvalue weighted by Gasteiger charge is -2.18. The van der Waals surface area contributed by atoms with Crippen LogP contribution in [0.25, 0.3) is 11.3 Å². The van der Waals surface area contributed by atoms with Crippen molar-refractivity contribution in [2.45, 2.75) is 33.2 Å². The molecule has 0 saturated heterocycles. The van der Waals surface area contributed by atoms with Gasteiger partial charge in [0.05, 0.1) is 30.6 Å². The number of nitrogens with zero attached hydrogens (tertiary/aromatic N) is 2. The number of aryl methyl sites for hydroxylation is 1. The maximum Gasteiger partial charge on any atom is 0.291 e. The summed E-state index contributed by atoms with van der Waals surface area (Å²) in [6, 6.07) is 11.0. The van der Waals surface area contributed by atoms with Crippen LogP contribution in [-0.4, -0.2) is 35.8 Å². The molecule has 2 N–H and O–H groups in total. The van der Waals surface area contributed by atoms with E-state index in [0.29, 0.717) is 22.9 Å². The minimum Gasteiger partial charge on any atom is -0.495 e. The predicted octanol–water partition coefficient (Wildman–Crippen LogP) is 4.44. The van der Waals surface area contributed by atoms with Crippen molar-refractivity contribution in [3.8, 4) is 22.8 Å². The number of nitrogens with one attached hydrogen (secondary N) is 2. The number of aromatic nitrogens is 2. The van der Waals surface area contributed by atoms with Crippen LogP contribution >= 0.6 is 11.6 Å². The van der Waals surface area contributed by atoms with E-state index >= 15 is 0 Å². The Bertz CT molecular complexity index is 1300. The molecule has 1 atom stereocenters. The van der Waals surface area contributed by atoms with Crippen LogP contribution in [0.5, 0.6) is 11.5 Å². The van der Waals surface area contributed by atoms with E-state index in [-0.39, 0.29) is 23.0 Å². The minimum absolute atomic E-state index is 0.0344. The highest BCUT2D eigenvalue weighted by Gasteiger charge is 2.23. The summed E-state index contributed by atoms with van der Waals surface area (Å²) >= 11 is 6.21. The number of methoxy groups -OCH3 is 2. The monoisotopic (exact) mass is 498 g/mol. The van der Waals surface area contributed by atoms with E-state index in [9.17, 15) is 14.4 Å². The van der Waals surface area contributed by atoms with Crippen LogP contribution in [0.2, 0.25) is 5.02 Å². The lowest BCUT2D eigenvalue weighted by molar-refractivity contribution is -0.119. The van der Waals surface area contributed by atoms with Crippen LogP contribution in [0.4, 0.5) is 11.4 Å². The Kier molecular flexibility index (Phi) is 8.14. The lowest BCUT2D eigenvalue weighted by Crippen LogP contribution is -2.35. The molecule has 184 valence electrons. The molecule has 0 fully saturated rings. The fraction of sp³-hybridized carbons (Fsp3) is 0.280. The Morgan fingerprint density at radius 3 is 2.29 bits per heavy atom. The van der Waals surface area contributed by atoms with Crippen LogP contribution in [0.3, 0.4) is 0 Å². The van der Waals surface area contributed by atoms with Gasteiger partial charge in [-0.1, -0.05) is 48.4 Å². The zero-order chi connectivity index (χ0) is 25.7. The number of hydrogen-bond acceptors (Lipinski definition) is 6. The van der Waals surface area contributed by atoms with Gasteiger partial charge in [0.1, 0.15) is 23.2 Å².